The first-order valence-corrected chi connectivity index (χ1v) is 6.70. The monoisotopic (exact) mass is 239 g/mol. The first-order chi connectivity index (χ1) is 8.81. The number of hydrogen-bond donors (Lipinski definition) is 1. The molecule has 0 bridgehead atoms. The maximum Gasteiger partial charge on any atom is 0.0291 e. The number of fused-ring (bicyclic) bond motifs is 1. The SMILES string of the molecule is CCCNC(C)c1ccccc1.c1cc2cc-2c1. The molecule has 0 aromatic heterocycles. The summed E-state index contributed by atoms with van der Waals surface area (Å²) < 4.78 is 0. The van der Waals surface area contributed by atoms with E-state index >= 15 is 0 Å². The van der Waals surface area contributed by atoms with Crippen molar-refractivity contribution in [3.63, 3.8) is 0 Å². The quantitative estimate of drug-likeness (QED) is 0.711. The van der Waals surface area contributed by atoms with Gasteiger partial charge in [0.25, 0.3) is 0 Å². The molecule has 3 rings (SSSR count). The summed E-state index contributed by atoms with van der Waals surface area (Å²) >= 11 is 0. The van der Waals surface area contributed by atoms with Gasteiger partial charge in [-0.05, 0) is 42.6 Å². The molecule has 2 aliphatic carbocycles. The number of hydrogen-bond acceptors (Lipinski definition) is 1. The van der Waals surface area contributed by atoms with Crippen LogP contribution in [0.1, 0.15) is 31.9 Å². The summed E-state index contributed by atoms with van der Waals surface area (Å²) in [7, 11) is 0. The fourth-order valence-electron chi connectivity index (χ4n) is 1.90. The maximum absolute atomic E-state index is 3.45. The van der Waals surface area contributed by atoms with E-state index in [0.717, 1.165) is 6.54 Å². The van der Waals surface area contributed by atoms with Crippen LogP contribution in [0, 0.1) is 0 Å². The molecule has 1 nitrogen and oxygen atoms in total. The van der Waals surface area contributed by atoms with E-state index in [9.17, 15) is 0 Å². The smallest absolute Gasteiger partial charge is 0.0291 e. The number of rotatable bonds is 4. The molecule has 0 heterocycles. The second-order valence-electron chi connectivity index (χ2n) is 4.67. The van der Waals surface area contributed by atoms with Crippen molar-refractivity contribution in [2.45, 2.75) is 26.3 Å². The van der Waals surface area contributed by atoms with Crippen LogP contribution in [-0.2, 0) is 0 Å². The lowest BCUT2D eigenvalue weighted by Crippen LogP contribution is -2.18. The van der Waals surface area contributed by atoms with Crippen molar-refractivity contribution in [2.24, 2.45) is 0 Å². The van der Waals surface area contributed by atoms with Crippen molar-refractivity contribution < 1.29 is 0 Å². The molecule has 1 unspecified atom stereocenters. The van der Waals surface area contributed by atoms with E-state index in [2.05, 4.69) is 73.8 Å². The molecule has 0 radical (unpaired) electrons. The van der Waals surface area contributed by atoms with Gasteiger partial charge in [-0.3, -0.25) is 0 Å². The Labute approximate surface area is 110 Å². The standard InChI is InChI=1S/C11H17N.C6H4/c1-3-9-12-10(2)11-7-5-4-6-8-11;1-2-5-4-6(5)3-1/h4-8,10,12H,3,9H2,1-2H3;1-4H. The van der Waals surface area contributed by atoms with Gasteiger partial charge in [0.05, 0.1) is 0 Å². The Kier molecular flexibility index (Phi) is 4.54. The molecule has 1 atom stereocenters. The number of benzene rings is 2. The number of nitrogens with one attached hydrogen (secondary N) is 1. The zero-order valence-electron chi connectivity index (χ0n) is 11.2. The summed E-state index contributed by atoms with van der Waals surface area (Å²) in [6.07, 6.45) is 1.19. The zero-order valence-corrected chi connectivity index (χ0v) is 11.2. The van der Waals surface area contributed by atoms with E-state index in [-0.39, 0.29) is 0 Å². The van der Waals surface area contributed by atoms with Crippen molar-refractivity contribution in [2.75, 3.05) is 6.54 Å². The molecular formula is C17H21N. The summed E-state index contributed by atoms with van der Waals surface area (Å²) in [5, 5.41) is 3.45. The second-order valence-corrected chi connectivity index (χ2v) is 4.67. The summed E-state index contributed by atoms with van der Waals surface area (Å²) in [5.74, 6) is 0. The molecule has 2 aliphatic rings. The molecule has 1 N–H and O–H groups in total. The van der Waals surface area contributed by atoms with Gasteiger partial charge in [0.1, 0.15) is 0 Å². The molecule has 0 fully saturated rings. The first kappa shape index (κ1) is 12.8. The minimum atomic E-state index is 0.478. The molecule has 1 aromatic rings. The normalized spacial score (nSPS) is 12.3. The van der Waals surface area contributed by atoms with Crippen LogP contribution >= 0.6 is 0 Å². The molecule has 18 heavy (non-hydrogen) atoms. The van der Waals surface area contributed by atoms with Crippen molar-refractivity contribution in [3.05, 3.63) is 60.2 Å². The van der Waals surface area contributed by atoms with Gasteiger partial charge < -0.3 is 5.32 Å². The average Bonchev–Trinajstić information content (AvgIpc) is 3.04. The highest BCUT2D eigenvalue weighted by molar-refractivity contribution is 5.80. The third-order valence-electron chi connectivity index (χ3n) is 3.11. The summed E-state index contributed by atoms with van der Waals surface area (Å²) in [6.45, 7) is 5.48. The fraction of sp³-hybridized carbons (Fsp3) is 0.294. The molecular weight excluding hydrogens is 218 g/mol. The van der Waals surface area contributed by atoms with E-state index in [1.165, 1.54) is 23.1 Å². The fourth-order valence-corrected chi connectivity index (χ4v) is 1.90. The third-order valence-corrected chi connectivity index (χ3v) is 3.11. The first-order valence-electron chi connectivity index (χ1n) is 6.70. The lowest BCUT2D eigenvalue weighted by Gasteiger charge is -2.12. The predicted octanol–water partition coefficient (Wildman–Crippen LogP) is 4.41. The van der Waals surface area contributed by atoms with Crippen LogP contribution in [-0.4, -0.2) is 6.54 Å². The Morgan fingerprint density at radius 1 is 0.944 bits per heavy atom. The van der Waals surface area contributed by atoms with Crippen molar-refractivity contribution in [1.82, 2.24) is 5.32 Å². The van der Waals surface area contributed by atoms with Crippen molar-refractivity contribution >= 4 is 0 Å². The lowest BCUT2D eigenvalue weighted by atomic mass is 10.1. The largest absolute Gasteiger partial charge is 0.310 e. The summed E-state index contributed by atoms with van der Waals surface area (Å²) in [6, 6.07) is 19.5. The van der Waals surface area contributed by atoms with E-state index in [4.69, 9.17) is 0 Å². The highest BCUT2D eigenvalue weighted by Crippen LogP contribution is 2.32. The molecule has 0 aliphatic heterocycles. The topological polar surface area (TPSA) is 12.0 Å². The highest BCUT2D eigenvalue weighted by atomic mass is 14.9. The lowest BCUT2D eigenvalue weighted by molar-refractivity contribution is 0.571. The van der Waals surface area contributed by atoms with Crippen LogP contribution in [0.2, 0.25) is 0 Å². The molecule has 1 aromatic carbocycles. The van der Waals surface area contributed by atoms with Crippen LogP contribution < -0.4 is 5.32 Å². The van der Waals surface area contributed by atoms with Crippen LogP contribution in [0.25, 0.3) is 11.1 Å². The molecule has 1 heteroatoms. The minimum absolute atomic E-state index is 0.478. The highest BCUT2D eigenvalue weighted by Gasteiger charge is 2.07. The van der Waals surface area contributed by atoms with Gasteiger partial charge >= 0.3 is 0 Å². The van der Waals surface area contributed by atoms with Crippen LogP contribution in [0.4, 0.5) is 0 Å². The van der Waals surface area contributed by atoms with Gasteiger partial charge in [-0.1, -0.05) is 55.5 Å². The Morgan fingerprint density at radius 3 is 2.06 bits per heavy atom. The van der Waals surface area contributed by atoms with Gasteiger partial charge in [-0.25, -0.2) is 0 Å². The Morgan fingerprint density at radius 2 is 1.61 bits per heavy atom. The molecule has 0 saturated heterocycles. The van der Waals surface area contributed by atoms with Crippen LogP contribution in [0.3, 0.4) is 0 Å². The maximum atomic E-state index is 3.45. The Bertz CT molecular complexity index is 459. The average molecular weight is 239 g/mol. The molecule has 0 amide bonds. The minimum Gasteiger partial charge on any atom is -0.310 e. The summed E-state index contributed by atoms with van der Waals surface area (Å²) in [5.41, 5.74) is 4.22. The van der Waals surface area contributed by atoms with Gasteiger partial charge in [0.15, 0.2) is 0 Å². The zero-order chi connectivity index (χ0) is 12.8. The van der Waals surface area contributed by atoms with E-state index in [0.29, 0.717) is 6.04 Å². The van der Waals surface area contributed by atoms with E-state index < -0.39 is 0 Å². The van der Waals surface area contributed by atoms with E-state index in [1.54, 1.807) is 0 Å². The Balaban J connectivity index is 0.000000164. The molecule has 94 valence electrons. The van der Waals surface area contributed by atoms with Crippen molar-refractivity contribution in [1.29, 1.82) is 0 Å². The Hall–Kier alpha value is -1.60. The van der Waals surface area contributed by atoms with E-state index in [1.807, 2.05) is 0 Å². The van der Waals surface area contributed by atoms with Crippen LogP contribution in [0.15, 0.2) is 54.6 Å². The van der Waals surface area contributed by atoms with Gasteiger partial charge in [0, 0.05) is 6.04 Å². The van der Waals surface area contributed by atoms with Gasteiger partial charge in [-0.15, -0.1) is 0 Å². The van der Waals surface area contributed by atoms with Crippen LogP contribution in [0.5, 0.6) is 0 Å². The predicted molar refractivity (Wildman–Crippen MR) is 78.6 cm³/mol. The van der Waals surface area contributed by atoms with Crippen molar-refractivity contribution in [3.8, 4) is 11.1 Å². The third kappa shape index (κ3) is 3.71. The second kappa shape index (κ2) is 6.36. The molecule has 0 spiro atoms. The molecule has 0 saturated carbocycles. The van der Waals surface area contributed by atoms with Gasteiger partial charge in [0.2, 0.25) is 0 Å². The summed E-state index contributed by atoms with van der Waals surface area (Å²) in [4.78, 5) is 0. The van der Waals surface area contributed by atoms with Gasteiger partial charge in [-0.2, -0.15) is 0 Å².